The smallest absolute Gasteiger partial charge is 0.328 e. The van der Waals surface area contributed by atoms with Crippen LogP contribution in [-0.4, -0.2) is 22.2 Å². The predicted molar refractivity (Wildman–Crippen MR) is 51.9 cm³/mol. The van der Waals surface area contributed by atoms with Gasteiger partial charge in [0, 0.05) is 12.2 Å². The Kier molecular flexibility index (Phi) is 4.08. The van der Waals surface area contributed by atoms with Gasteiger partial charge in [-0.1, -0.05) is 26.8 Å². The molecule has 0 saturated carbocycles. The molecular weight excluding hydrogens is 184 g/mol. The minimum atomic E-state index is -1.09. The van der Waals surface area contributed by atoms with Crippen molar-refractivity contribution in [3.8, 4) is 0 Å². The molecule has 0 saturated heterocycles. The van der Waals surface area contributed by atoms with E-state index >= 15 is 0 Å². The van der Waals surface area contributed by atoms with Gasteiger partial charge in [-0.15, -0.1) is 0 Å². The van der Waals surface area contributed by atoms with Crippen LogP contribution in [0.25, 0.3) is 0 Å². The van der Waals surface area contributed by atoms with Crippen LogP contribution in [0.3, 0.4) is 0 Å². The van der Waals surface area contributed by atoms with E-state index in [2.05, 4.69) is 0 Å². The third-order valence-corrected chi connectivity index (χ3v) is 1.55. The number of allylic oxidation sites excluding steroid dienone is 2. The van der Waals surface area contributed by atoms with Gasteiger partial charge in [0.2, 0.25) is 0 Å². The fraction of sp³-hybridized carbons (Fsp3) is 0.400. The van der Waals surface area contributed by atoms with E-state index in [0.717, 1.165) is 12.2 Å². The van der Waals surface area contributed by atoms with Gasteiger partial charge in [0.25, 0.3) is 0 Å². The van der Waals surface area contributed by atoms with Crippen LogP contribution in [0.1, 0.15) is 20.8 Å². The Balaban J connectivity index is 4.94. The van der Waals surface area contributed by atoms with E-state index in [1.54, 1.807) is 0 Å². The Hall–Kier alpha value is -1.58. The highest BCUT2D eigenvalue weighted by Crippen LogP contribution is 2.25. The second-order valence-corrected chi connectivity index (χ2v) is 3.86. The number of hydrogen-bond acceptors (Lipinski definition) is 2. The maximum absolute atomic E-state index is 10.4. The van der Waals surface area contributed by atoms with Gasteiger partial charge in [-0.3, -0.25) is 0 Å². The van der Waals surface area contributed by atoms with E-state index in [9.17, 15) is 9.59 Å². The van der Waals surface area contributed by atoms with Crippen molar-refractivity contribution in [2.24, 2.45) is 5.41 Å². The molecule has 0 aromatic carbocycles. The lowest BCUT2D eigenvalue weighted by Crippen LogP contribution is -2.10. The zero-order valence-electron chi connectivity index (χ0n) is 8.44. The summed E-state index contributed by atoms with van der Waals surface area (Å²) < 4.78 is 0. The van der Waals surface area contributed by atoms with Crippen LogP contribution in [0.2, 0.25) is 0 Å². The van der Waals surface area contributed by atoms with E-state index in [1.165, 1.54) is 6.08 Å². The van der Waals surface area contributed by atoms with Gasteiger partial charge in [-0.25, -0.2) is 9.59 Å². The average molecular weight is 198 g/mol. The quantitative estimate of drug-likeness (QED) is 0.534. The molecule has 0 aliphatic rings. The van der Waals surface area contributed by atoms with E-state index in [-0.39, 0.29) is 5.41 Å². The van der Waals surface area contributed by atoms with Gasteiger partial charge in [0.15, 0.2) is 0 Å². The van der Waals surface area contributed by atoms with Gasteiger partial charge in [-0.05, 0) is 11.0 Å². The third kappa shape index (κ3) is 5.13. The molecule has 4 nitrogen and oxygen atoms in total. The van der Waals surface area contributed by atoms with Crippen LogP contribution in [0, 0.1) is 5.41 Å². The van der Waals surface area contributed by atoms with Crippen molar-refractivity contribution in [2.45, 2.75) is 20.8 Å². The summed E-state index contributed by atoms with van der Waals surface area (Å²) in [7, 11) is 0. The van der Waals surface area contributed by atoms with Crippen LogP contribution in [0.5, 0.6) is 0 Å². The highest BCUT2D eigenvalue weighted by atomic mass is 16.4. The summed E-state index contributed by atoms with van der Waals surface area (Å²) in [6.45, 7) is 5.44. The standard InChI is InChI=1S/C10H14O4/c1-10(2,3)7(6-9(13)14)4-5-8(11)12/h4-6H,1-3H3,(H,11,12)(H,13,14)/b5-4+,7-6+. The molecule has 0 fully saturated rings. The van der Waals surface area contributed by atoms with Crippen molar-refractivity contribution in [3.05, 3.63) is 23.8 Å². The summed E-state index contributed by atoms with van der Waals surface area (Å²) >= 11 is 0. The first-order valence-electron chi connectivity index (χ1n) is 4.09. The van der Waals surface area contributed by atoms with Crippen molar-refractivity contribution in [3.63, 3.8) is 0 Å². The first-order chi connectivity index (χ1) is 6.23. The average Bonchev–Trinajstić information content (AvgIpc) is 1.94. The Morgan fingerprint density at radius 2 is 1.50 bits per heavy atom. The number of hydrogen-bond donors (Lipinski definition) is 2. The fourth-order valence-corrected chi connectivity index (χ4v) is 0.809. The summed E-state index contributed by atoms with van der Waals surface area (Å²) in [5, 5.41) is 17.0. The topological polar surface area (TPSA) is 74.6 Å². The molecule has 0 radical (unpaired) electrons. The summed E-state index contributed by atoms with van der Waals surface area (Å²) in [4.78, 5) is 20.7. The van der Waals surface area contributed by atoms with E-state index in [1.807, 2.05) is 20.8 Å². The first kappa shape index (κ1) is 12.4. The molecule has 0 aliphatic carbocycles. The normalized spacial score (nSPS) is 13.2. The van der Waals surface area contributed by atoms with Crippen LogP contribution in [-0.2, 0) is 9.59 Å². The third-order valence-electron chi connectivity index (χ3n) is 1.55. The lowest BCUT2D eigenvalue weighted by Gasteiger charge is -2.19. The molecule has 0 atom stereocenters. The SMILES string of the molecule is CC(C)(C)C(/C=C/C(=O)O)=C/C(=O)O. The highest BCUT2D eigenvalue weighted by molar-refractivity contribution is 5.83. The second kappa shape index (κ2) is 4.60. The van der Waals surface area contributed by atoms with Crippen LogP contribution >= 0.6 is 0 Å². The molecule has 0 rings (SSSR count). The Morgan fingerprint density at radius 1 is 1.00 bits per heavy atom. The van der Waals surface area contributed by atoms with Gasteiger partial charge < -0.3 is 10.2 Å². The first-order valence-corrected chi connectivity index (χ1v) is 4.09. The van der Waals surface area contributed by atoms with Gasteiger partial charge in [0.05, 0.1) is 0 Å². The maximum atomic E-state index is 10.4. The molecule has 0 amide bonds. The molecular formula is C10H14O4. The number of carboxylic acids is 2. The van der Waals surface area contributed by atoms with E-state index in [0.29, 0.717) is 5.57 Å². The summed E-state index contributed by atoms with van der Waals surface area (Å²) in [5.74, 6) is -2.17. The molecule has 0 bridgehead atoms. The Bertz CT molecular complexity index is 292. The lowest BCUT2D eigenvalue weighted by molar-refractivity contribution is -0.132. The zero-order valence-corrected chi connectivity index (χ0v) is 8.44. The van der Waals surface area contributed by atoms with E-state index < -0.39 is 11.9 Å². The van der Waals surface area contributed by atoms with Crippen LogP contribution < -0.4 is 0 Å². The molecule has 0 aromatic heterocycles. The zero-order chi connectivity index (χ0) is 11.4. The molecule has 14 heavy (non-hydrogen) atoms. The summed E-state index contributed by atoms with van der Waals surface area (Å²) in [6, 6.07) is 0. The van der Waals surface area contributed by atoms with Crippen molar-refractivity contribution in [1.29, 1.82) is 0 Å². The molecule has 0 unspecified atom stereocenters. The summed E-state index contributed by atoms with van der Waals surface area (Å²) in [5.41, 5.74) is 0.0806. The Morgan fingerprint density at radius 3 is 1.79 bits per heavy atom. The minimum absolute atomic E-state index is 0.385. The second-order valence-electron chi connectivity index (χ2n) is 3.86. The summed E-state index contributed by atoms with van der Waals surface area (Å²) in [6.07, 6.45) is 3.25. The molecule has 4 heteroatoms. The molecule has 78 valence electrons. The van der Waals surface area contributed by atoms with Crippen molar-refractivity contribution < 1.29 is 19.8 Å². The number of rotatable bonds is 3. The molecule has 0 spiro atoms. The molecule has 2 N–H and O–H groups in total. The predicted octanol–water partition coefficient (Wildman–Crippen LogP) is 1.68. The molecule has 0 heterocycles. The van der Waals surface area contributed by atoms with Gasteiger partial charge in [0.1, 0.15) is 0 Å². The fourth-order valence-electron chi connectivity index (χ4n) is 0.809. The van der Waals surface area contributed by atoms with Crippen molar-refractivity contribution in [1.82, 2.24) is 0 Å². The number of carbonyl (C=O) groups is 2. The van der Waals surface area contributed by atoms with E-state index in [4.69, 9.17) is 10.2 Å². The lowest BCUT2D eigenvalue weighted by atomic mass is 9.86. The van der Waals surface area contributed by atoms with Gasteiger partial charge >= 0.3 is 11.9 Å². The monoisotopic (exact) mass is 198 g/mol. The van der Waals surface area contributed by atoms with Crippen LogP contribution in [0.4, 0.5) is 0 Å². The highest BCUT2D eigenvalue weighted by Gasteiger charge is 2.15. The van der Waals surface area contributed by atoms with Crippen molar-refractivity contribution in [2.75, 3.05) is 0 Å². The van der Waals surface area contributed by atoms with Gasteiger partial charge in [-0.2, -0.15) is 0 Å². The maximum Gasteiger partial charge on any atom is 0.328 e. The largest absolute Gasteiger partial charge is 0.478 e. The number of aliphatic carboxylic acids is 2. The molecule has 0 aromatic rings. The van der Waals surface area contributed by atoms with Crippen LogP contribution in [0.15, 0.2) is 23.8 Å². The number of carboxylic acid groups (broad SMARTS) is 2. The Labute approximate surface area is 82.6 Å². The minimum Gasteiger partial charge on any atom is -0.478 e. The molecule has 0 aliphatic heterocycles. The van der Waals surface area contributed by atoms with Crippen molar-refractivity contribution >= 4 is 11.9 Å².